The van der Waals surface area contributed by atoms with Crippen molar-refractivity contribution in [2.24, 2.45) is 0 Å². The Balaban J connectivity index is 1.61. The number of hydrogen-bond acceptors (Lipinski definition) is 5. The number of carbonyl (C=O) groups is 2. The minimum atomic E-state index is -0.169. The summed E-state index contributed by atoms with van der Waals surface area (Å²) in [5, 5.41) is 0. The van der Waals surface area contributed by atoms with E-state index in [2.05, 4.69) is 12.1 Å². The molecule has 30 heavy (non-hydrogen) atoms. The summed E-state index contributed by atoms with van der Waals surface area (Å²) in [5.41, 5.74) is 2.92. The summed E-state index contributed by atoms with van der Waals surface area (Å²) in [4.78, 5) is 38.5. The number of piperidine rings is 1. The lowest BCUT2D eigenvalue weighted by Crippen LogP contribution is -2.41. The number of carbonyl (C=O) groups excluding carboxylic acids is 2. The first-order valence-electron chi connectivity index (χ1n) is 10.6. The summed E-state index contributed by atoms with van der Waals surface area (Å²) in [6.07, 6.45) is 3.93. The molecule has 1 saturated heterocycles. The predicted molar refractivity (Wildman–Crippen MR) is 113 cm³/mol. The van der Waals surface area contributed by atoms with Crippen LogP contribution >= 0.6 is 0 Å². The molecule has 7 nitrogen and oxygen atoms in total. The molecule has 3 heterocycles. The number of aromatic nitrogens is 2. The maximum absolute atomic E-state index is 12.7. The Labute approximate surface area is 177 Å². The van der Waals surface area contributed by atoms with Gasteiger partial charge in [-0.15, -0.1) is 0 Å². The van der Waals surface area contributed by atoms with Gasteiger partial charge in [-0.25, -0.2) is 9.97 Å². The first-order chi connectivity index (χ1) is 14.6. The highest BCUT2D eigenvalue weighted by Crippen LogP contribution is 2.34. The molecule has 0 saturated carbocycles. The Morgan fingerprint density at radius 3 is 2.77 bits per heavy atom. The van der Waals surface area contributed by atoms with Crippen LogP contribution in [0.1, 0.15) is 47.9 Å². The van der Waals surface area contributed by atoms with Crippen LogP contribution in [-0.2, 0) is 27.2 Å². The van der Waals surface area contributed by atoms with Gasteiger partial charge in [0.15, 0.2) is 5.82 Å². The summed E-state index contributed by atoms with van der Waals surface area (Å²) < 4.78 is 5.06. The molecule has 1 unspecified atom stereocenters. The van der Waals surface area contributed by atoms with Crippen LogP contribution in [0.3, 0.4) is 0 Å². The van der Waals surface area contributed by atoms with Crippen molar-refractivity contribution in [1.29, 1.82) is 0 Å². The van der Waals surface area contributed by atoms with Gasteiger partial charge >= 0.3 is 0 Å². The van der Waals surface area contributed by atoms with Gasteiger partial charge in [-0.3, -0.25) is 14.5 Å². The topological polar surface area (TPSA) is 75.6 Å². The summed E-state index contributed by atoms with van der Waals surface area (Å²) in [6.45, 7) is 3.26. The standard InChI is InChI=1S/C23H28N4O3/c1-16-18-14-20(28)27(13-11-17-8-4-3-5-9-17)23(18)25-22(24-16)19-10-6-7-12-26(19)21(29)15-30-2/h3-5,8-9,19H,6-7,10-15H2,1-2H3. The predicted octanol–water partition coefficient (Wildman–Crippen LogP) is 2.62. The third kappa shape index (κ3) is 4.07. The zero-order valence-corrected chi connectivity index (χ0v) is 17.6. The van der Waals surface area contributed by atoms with Crippen molar-refractivity contribution >= 4 is 17.6 Å². The molecule has 4 rings (SSSR count). The minimum Gasteiger partial charge on any atom is -0.375 e. The summed E-state index contributed by atoms with van der Waals surface area (Å²) >= 11 is 0. The maximum atomic E-state index is 12.7. The van der Waals surface area contributed by atoms with Gasteiger partial charge in [0.25, 0.3) is 0 Å². The fourth-order valence-electron chi connectivity index (χ4n) is 4.37. The van der Waals surface area contributed by atoms with Gasteiger partial charge in [-0.05, 0) is 38.2 Å². The monoisotopic (exact) mass is 408 g/mol. The van der Waals surface area contributed by atoms with Gasteiger partial charge < -0.3 is 9.64 Å². The zero-order valence-electron chi connectivity index (χ0n) is 17.6. The highest BCUT2D eigenvalue weighted by molar-refractivity contribution is 6.00. The molecule has 158 valence electrons. The number of aryl methyl sites for hydroxylation is 1. The van der Waals surface area contributed by atoms with Crippen molar-refractivity contribution in [3.8, 4) is 0 Å². The molecule has 1 aromatic heterocycles. The molecule has 1 atom stereocenters. The Morgan fingerprint density at radius 1 is 1.20 bits per heavy atom. The Morgan fingerprint density at radius 2 is 2.00 bits per heavy atom. The van der Waals surface area contributed by atoms with Crippen molar-refractivity contribution in [3.63, 3.8) is 0 Å². The lowest BCUT2D eigenvalue weighted by Gasteiger charge is -2.35. The molecule has 7 heteroatoms. The number of fused-ring (bicyclic) bond motifs is 1. The van der Waals surface area contributed by atoms with Crippen molar-refractivity contribution in [2.45, 2.75) is 45.1 Å². The molecule has 1 fully saturated rings. The van der Waals surface area contributed by atoms with E-state index in [0.29, 0.717) is 31.2 Å². The van der Waals surface area contributed by atoms with Gasteiger partial charge in [-0.1, -0.05) is 30.3 Å². The molecular weight excluding hydrogens is 380 g/mol. The smallest absolute Gasteiger partial charge is 0.249 e. The van der Waals surface area contributed by atoms with Gasteiger partial charge in [0, 0.05) is 31.5 Å². The lowest BCUT2D eigenvalue weighted by molar-refractivity contribution is -0.139. The highest BCUT2D eigenvalue weighted by atomic mass is 16.5. The van der Waals surface area contributed by atoms with Gasteiger partial charge in [0.05, 0.1) is 12.5 Å². The lowest BCUT2D eigenvalue weighted by atomic mass is 10.0. The van der Waals surface area contributed by atoms with Crippen LogP contribution in [0.15, 0.2) is 30.3 Å². The van der Waals surface area contributed by atoms with Crippen LogP contribution in [0.4, 0.5) is 5.82 Å². The number of nitrogens with zero attached hydrogens (tertiary/aromatic N) is 4. The van der Waals surface area contributed by atoms with Crippen LogP contribution in [0, 0.1) is 6.92 Å². The largest absolute Gasteiger partial charge is 0.375 e. The zero-order chi connectivity index (χ0) is 21.1. The summed E-state index contributed by atoms with van der Waals surface area (Å²) in [6, 6.07) is 9.97. The number of rotatable bonds is 6. The molecule has 2 aliphatic heterocycles. The number of amides is 2. The van der Waals surface area contributed by atoms with Crippen LogP contribution in [0.2, 0.25) is 0 Å². The van der Waals surface area contributed by atoms with Crippen LogP contribution in [0.5, 0.6) is 0 Å². The van der Waals surface area contributed by atoms with Crippen molar-refractivity contribution < 1.29 is 14.3 Å². The van der Waals surface area contributed by atoms with Gasteiger partial charge in [-0.2, -0.15) is 0 Å². The summed E-state index contributed by atoms with van der Waals surface area (Å²) in [7, 11) is 1.53. The second-order valence-corrected chi connectivity index (χ2v) is 7.96. The first-order valence-corrected chi connectivity index (χ1v) is 10.6. The van der Waals surface area contributed by atoms with E-state index >= 15 is 0 Å². The van der Waals surface area contributed by atoms with Gasteiger partial charge in [0.2, 0.25) is 11.8 Å². The van der Waals surface area contributed by atoms with E-state index in [-0.39, 0.29) is 24.5 Å². The van der Waals surface area contributed by atoms with E-state index in [0.717, 1.165) is 36.9 Å². The molecule has 0 N–H and O–H groups in total. The van der Waals surface area contributed by atoms with E-state index in [1.54, 1.807) is 4.90 Å². The van der Waals surface area contributed by atoms with Crippen molar-refractivity contribution in [1.82, 2.24) is 14.9 Å². The molecule has 2 aliphatic rings. The molecule has 0 spiro atoms. The second-order valence-electron chi connectivity index (χ2n) is 7.96. The third-order valence-electron chi connectivity index (χ3n) is 5.95. The Kier molecular flexibility index (Phi) is 6.08. The minimum absolute atomic E-state index is 0.0408. The number of anilines is 1. The molecule has 0 bridgehead atoms. The second kappa shape index (κ2) is 8.92. The van der Waals surface area contributed by atoms with Crippen molar-refractivity contribution in [2.75, 3.05) is 31.7 Å². The fraction of sp³-hybridized carbons (Fsp3) is 0.478. The van der Waals surface area contributed by atoms with E-state index in [9.17, 15) is 9.59 Å². The van der Waals surface area contributed by atoms with E-state index < -0.39 is 0 Å². The number of ether oxygens (including phenoxy) is 1. The Hall–Kier alpha value is -2.80. The fourth-order valence-corrected chi connectivity index (χ4v) is 4.37. The number of likely N-dealkylation sites (tertiary alicyclic amines) is 1. The van der Waals surface area contributed by atoms with E-state index in [4.69, 9.17) is 14.7 Å². The maximum Gasteiger partial charge on any atom is 0.249 e. The molecule has 2 aromatic rings. The van der Waals surface area contributed by atoms with Crippen molar-refractivity contribution in [3.05, 3.63) is 53.0 Å². The number of methoxy groups -OCH3 is 1. The number of hydrogen-bond donors (Lipinski definition) is 0. The molecule has 2 amide bonds. The molecule has 0 aliphatic carbocycles. The van der Waals surface area contributed by atoms with Crippen LogP contribution < -0.4 is 4.90 Å². The van der Waals surface area contributed by atoms with E-state index in [1.165, 1.54) is 12.7 Å². The Bertz CT molecular complexity index is 932. The quantitative estimate of drug-likeness (QED) is 0.734. The first kappa shape index (κ1) is 20.5. The molecule has 0 radical (unpaired) electrons. The SMILES string of the molecule is COCC(=O)N1CCCCC1c1nc(C)c2c(n1)N(CCc1ccccc1)C(=O)C2. The average Bonchev–Trinajstić information content (AvgIpc) is 3.09. The normalized spacial score (nSPS) is 18.6. The van der Waals surface area contributed by atoms with Crippen LogP contribution in [0.25, 0.3) is 0 Å². The average molecular weight is 409 g/mol. The third-order valence-corrected chi connectivity index (χ3v) is 5.95. The van der Waals surface area contributed by atoms with Crippen LogP contribution in [-0.4, -0.2) is 53.5 Å². The summed E-state index contributed by atoms with van der Waals surface area (Å²) in [5.74, 6) is 1.37. The van der Waals surface area contributed by atoms with E-state index in [1.807, 2.05) is 30.0 Å². The molecular formula is C23H28N4O3. The molecule has 1 aromatic carbocycles. The van der Waals surface area contributed by atoms with Gasteiger partial charge in [0.1, 0.15) is 12.4 Å². The number of benzene rings is 1. The highest BCUT2D eigenvalue weighted by Gasteiger charge is 2.35.